The Hall–Kier alpha value is -1.16. The lowest BCUT2D eigenvalue weighted by molar-refractivity contribution is 0.706. The van der Waals surface area contributed by atoms with Crippen molar-refractivity contribution in [3.8, 4) is 0 Å². The van der Waals surface area contributed by atoms with Crippen LogP contribution in [0.3, 0.4) is 0 Å². The predicted molar refractivity (Wildman–Crippen MR) is 69.9 cm³/mol. The molecule has 4 heteroatoms. The minimum Gasteiger partial charge on any atom is -0.253 e. The van der Waals surface area contributed by atoms with E-state index in [1.54, 1.807) is 0 Å². The van der Waals surface area contributed by atoms with E-state index in [0.29, 0.717) is 5.92 Å². The van der Waals surface area contributed by atoms with E-state index in [4.69, 9.17) is 0 Å². The molecule has 0 aliphatic heterocycles. The van der Waals surface area contributed by atoms with E-state index < -0.39 is 0 Å². The molecule has 0 bridgehead atoms. The molecule has 3 nitrogen and oxygen atoms in total. The lowest BCUT2D eigenvalue weighted by Crippen LogP contribution is -2.00. The highest BCUT2D eigenvalue weighted by molar-refractivity contribution is 9.10. The molecule has 0 radical (unpaired) electrons. The molecule has 17 heavy (non-hydrogen) atoms. The van der Waals surface area contributed by atoms with Crippen molar-refractivity contribution < 1.29 is 0 Å². The van der Waals surface area contributed by atoms with Crippen molar-refractivity contribution in [1.82, 2.24) is 14.8 Å². The third kappa shape index (κ3) is 2.41. The summed E-state index contributed by atoms with van der Waals surface area (Å²) in [4.78, 5) is 4.63. The first-order valence-corrected chi connectivity index (χ1v) is 6.66. The Morgan fingerprint density at radius 1 is 1.41 bits per heavy atom. The SMILES string of the molecule is Cn1nc(C2CC2)nc1Cc1cccc(Br)c1. The largest absolute Gasteiger partial charge is 0.253 e. The highest BCUT2D eigenvalue weighted by Gasteiger charge is 2.28. The summed E-state index contributed by atoms with van der Waals surface area (Å²) in [6.07, 6.45) is 3.34. The molecule has 88 valence electrons. The van der Waals surface area contributed by atoms with Gasteiger partial charge in [0.1, 0.15) is 5.82 Å². The number of halogens is 1. The van der Waals surface area contributed by atoms with Crippen molar-refractivity contribution in [2.75, 3.05) is 0 Å². The quantitative estimate of drug-likeness (QED) is 0.870. The van der Waals surface area contributed by atoms with E-state index in [2.05, 4.69) is 44.2 Å². The molecule has 0 unspecified atom stereocenters. The van der Waals surface area contributed by atoms with Crippen LogP contribution in [0, 0.1) is 0 Å². The van der Waals surface area contributed by atoms with Gasteiger partial charge in [0.25, 0.3) is 0 Å². The minimum absolute atomic E-state index is 0.623. The lowest BCUT2D eigenvalue weighted by Gasteiger charge is -2.01. The summed E-state index contributed by atoms with van der Waals surface area (Å²) in [5, 5.41) is 4.49. The average Bonchev–Trinajstić information content (AvgIpc) is 3.06. The Bertz CT molecular complexity index is 543. The van der Waals surface area contributed by atoms with Crippen molar-refractivity contribution in [2.24, 2.45) is 7.05 Å². The van der Waals surface area contributed by atoms with Gasteiger partial charge in [0.2, 0.25) is 0 Å². The van der Waals surface area contributed by atoms with Crippen LogP contribution >= 0.6 is 15.9 Å². The standard InChI is InChI=1S/C13H14BrN3/c1-17-12(15-13(16-17)10-5-6-10)8-9-3-2-4-11(14)7-9/h2-4,7,10H,5-6,8H2,1H3. The van der Waals surface area contributed by atoms with Gasteiger partial charge < -0.3 is 0 Å². The van der Waals surface area contributed by atoms with Crippen LogP contribution in [0.1, 0.15) is 36.0 Å². The molecule has 3 rings (SSSR count). The monoisotopic (exact) mass is 291 g/mol. The molecule has 0 atom stereocenters. The van der Waals surface area contributed by atoms with Gasteiger partial charge in [-0.15, -0.1) is 0 Å². The fraction of sp³-hybridized carbons (Fsp3) is 0.385. The van der Waals surface area contributed by atoms with Crippen molar-refractivity contribution in [2.45, 2.75) is 25.2 Å². The van der Waals surface area contributed by atoms with Gasteiger partial charge in [-0.3, -0.25) is 4.68 Å². The maximum atomic E-state index is 4.63. The van der Waals surface area contributed by atoms with Gasteiger partial charge in [-0.05, 0) is 30.5 Å². The van der Waals surface area contributed by atoms with Gasteiger partial charge in [0, 0.05) is 23.9 Å². The summed E-state index contributed by atoms with van der Waals surface area (Å²) in [6.45, 7) is 0. The summed E-state index contributed by atoms with van der Waals surface area (Å²) in [5.41, 5.74) is 1.26. The second-order valence-electron chi connectivity index (χ2n) is 4.59. The maximum absolute atomic E-state index is 4.63. The first-order valence-electron chi connectivity index (χ1n) is 5.86. The fourth-order valence-electron chi connectivity index (χ4n) is 1.94. The summed E-state index contributed by atoms with van der Waals surface area (Å²) < 4.78 is 3.02. The first kappa shape index (κ1) is 11.0. The van der Waals surface area contributed by atoms with Crippen LogP contribution in [0.2, 0.25) is 0 Å². The summed E-state index contributed by atoms with van der Waals surface area (Å²) in [7, 11) is 1.98. The van der Waals surface area contributed by atoms with Gasteiger partial charge in [0.05, 0.1) is 0 Å². The molecule has 1 heterocycles. The van der Waals surface area contributed by atoms with Crippen molar-refractivity contribution in [1.29, 1.82) is 0 Å². The van der Waals surface area contributed by atoms with E-state index in [9.17, 15) is 0 Å². The smallest absolute Gasteiger partial charge is 0.154 e. The molecular weight excluding hydrogens is 278 g/mol. The molecule has 1 aliphatic rings. The third-order valence-electron chi connectivity index (χ3n) is 3.06. The predicted octanol–water partition coefficient (Wildman–Crippen LogP) is 3.05. The normalized spacial score (nSPS) is 15.2. The molecule has 1 saturated carbocycles. The van der Waals surface area contributed by atoms with Crippen LogP contribution in [0.5, 0.6) is 0 Å². The Morgan fingerprint density at radius 3 is 2.94 bits per heavy atom. The van der Waals surface area contributed by atoms with Crippen LogP contribution in [-0.2, 0) is 13.5 Å². The summed E-state index contributed by atoms with van der Waals surface area (Å²) >= 11 is 3.49. The molecule has 2 aromatic rings. The highest BCUT2D eigenvalue weighted by Crippen LogP contribution is 2.38. The zero-order valence-corrected chi connectivity index (χ0v) is 11.3. The average molecular weight is 292 g/mol. The highest BCUT2D eigenvalue weighted by atomic mass is 79.9. The van der Waals surface area contributed by atoms with E-state index in [1.165, 1.54) is 18.4 Å². The minimum atomic E-state index is 0.623. The van der Waals surface area contributed by atoms with Gasteiger partial charge >= 0.3 is 0 Å². The van der Waals surface area contributed by atoms with E-state index in [0.717, 1.165) is 22.5 Å². The second-order valence-corrected chi connectivity index (χ2v) is 5.51. The zero-order valence-electron chi connectivity index (χ0n) is 9.73. The van der Waals surface area contributed by atoms with Gasteiger partial charge in [-0.1, -0.05) is 28.1 Å². The molecule has 0 amide bonds. The first-order chi connectivity index (χ1) is 8.22. The molecule has 0 spiro atoms. The Kier molecular flexibility index (Phi) is 2.74. The fourth-order valence-corrected chi connectivity index (χ4v) is 2.38. The number of aromatic nitrogens is 3. The van der Waals surface area contributed by atoms with Crippen molar-refractivity contribution in [3.05, 3.63) is 46.0 Å². The van der Waals surface area contributed by atoms with E-state index in [-0.39, 0.29) is 0 Å². The number of nitrogens with zero attached hydrogens (tertiary/aromatic N) is 3. The maximum Gasteiger partial charge on any atom is 0.154 e. The van der Waals surface area contributed by atoms with Crippen LogP contribution in [0.25, 0.3) is 0 Å². The third-order valence-corrected chi connectivity index (χ3v) is 3.56. The Balaban J connectivity index is 1.84. The number of hydrogen-bond acceptors (Lipinski definition) is 2. The Labute approximate surface area is 109 Å². The lowest BCUT2D eigenvalue weighted by atomic mass is 10.1. The molecule has 1 fully saturated rings. The van der Waals surface area contributed by atoms with Gasteiger partial charge in [-0.25, -0.2) is 4.98 Å². The van der Waals surface area contributed by atoms with Crippen LogP contribution < -0.4 is 0 Å². The van der Waals surface area contributed by atoms with Gasteiger partial charge in [0.15, 0.2) is 5.82 Å². The number of benzene rings is 1. The van der Waals surface area contributed by atoms with E-state index in [1.807, 2.05) is 17.8 Å². The molecule has 0 N–H and O–H groups in total. The summed E-state index contributed by atoms with van der Waals surface area (Å²) in [5.74, 6) is 2.69. The van der Waals surface area contributed by atoms with Gasteiger partial charge in [-0.2, -0.15) is 5.10 Å². The van der Waals surface area contributed by atoms with Crippen LogP contribution in [0.4, 0.5) is 0 Å². The van der Waals surface area contributed by atoms with Crippen LogP contribution in [0.15, 0.2) is 28.7 Å². The number of aryl methyl sites for hydroxylation is 1. The molecule has 1 aliphatic carbocycles. The molecule has 0 saturated heterocycles. The zero-order chi connectivity index (χ0) is 11.8. The van der Waals surface area contributed by atoms with Crippen LogP contribution in [-0.4, -0.2) is 14.8 Å². The Morgan fingerprint density at radius 2 is 2.24 bits per heavy atom. The van der Waals surface area contributed by atoms with Crippen molar-refractivity contribution >= 4 is 15.9 Å². The van der Waals surface area contributed by atoms with E-state index >= 15 is 0 Å². The van der Waals surface area contributed by atoms with Crippen molar-refractivity contribution in [3.63, 3.8) is 0 Å². The number of rotatable bonds is 3. The topological polar surface area (TPSA) is 30.7 Å². The molecule has 1 aromatic heterocycles. The summed E-state index contributed by atoms with van der Waals surface area (Å²) in [6, 6.07) is 8.34. The number of hydrogen-bond donors (Lipinski definition) is 0. The molecule has 1 aromatic carbocycles. The second kappa shape index (κ2) is 4.26. The molecular formula is C13H14BrN3.